The molecule has 1 aliphatic carbocycles. The first-order valence-corrected chi connectivity index (χ1v) is 3.02. The Hall–Kier alpha value is -0.110. The van der Waals surface area contributed by atoms with E-state index < -0.39 is 6.17 Å². The topological polar surface area (TPSA) is 20.2 Å². The van der Waals surface area contributed by atoms with Gasteiger partial charge in [-0.05, 0) is 12.3 Å². The van der Waals surface area contributed by atoms with Crippen molar-refractivity contribution in [2.45, 2.75) is 32.0 Å². The fourth-order valence-electron chi connectivity index (χ4n) is 1.15. The second kappa shape index (κ2) is 2.02. The molecule has 48 valence electrons. The molecule has 0 heterocycles. The van der Waals surface area contributed by atoms with Gasteiger partial charge < -0.3 is 5.11 Å². The van der Waals surface area contributed by atoms with Crippen molar-refractivity contribution in [2.24, 2.45) is 5.92 Å². The minimum Gasteiger partial charge on any atom is -0.393 e. The summed E-state index contributed by atoms with van der Waals surface area (Å²) in [6, 6.07) is 0. The van der Waals surface area contributed by atoms with Crippen molar-refractivity contribution in [1.82, 2.24) is 0 Å². The van der Waals surface area contributed by atoms with Crippen molar-refractivity contribution < 1.29 is 9.50 Å². The van der Waals surface area contributed by atoms with E-state index >= 15 is 0 Å². The Morgan fingerprint density at radius 2 is 2.12 bits per heavy atom. The number of halogens is 1. The first-order valence-electron chi connectivity index (χ1n) is 3.02. The molecule has 0 aliphatic heterocycles. The zero-order valence-corrected chi connectivity index (χ0v) is 4.97. The Balaban J connectivity index is 2.39. The molecule has 1 rings (SSSR count). The summed E-state index contributed by atoms with van der Waals surface area (Å²) in [5.74, 6) is 0.171. The van der Waals surface area contributed by atoms with Crippen LogP contribution in [0.5, 0.6) is 0 Å². The summed E-state index contributed by atoms with van der Waals surface area (Å²) < 4.78 is 12.3. The third kappa shape index (κ3) is 0.996. The van der Waals surface area contributed by atoms with Crippen molar-refractivity contribution in [1.29, 1.82) is 0 Å². The second-order valence-corrected chi connectivity index (χ2v) is 2.61. The van der Waals surface area contributed by atoms with Crippen LogP contribution in [0.2, 0.25) is 0 Å². The van der Waals surface area contributed by atoms with Crippen LogP contribution < -0.4 is 0 Å². The highest BCUT2D eigenvalue weighted by atomic mass is 19.1. The van der Waals surface area contributed by atoms with Gasteiger partial charge in [0.2, 0.25) is 0 Å². The molecule has 2 heteroatoms. The van der Waals surface area contributed by atoms with Crippen molar-refractivity contribution in [3.8, 4) is 0 Å². The molecule has 0 saturated heterocycles. The highest BCUT2D eigenvalue weighted by molar-refractivity contribution is 4.79. The molecule has 0 radical (unpaired) electrons. The lowest BCUT2D eigenvalue weighted by atomic mass is 10.1. The number of aliphatic hydroxyl groups excluding tert-OH is 1. The Morgan fingerprint density at radius 3 is 2.25 bits per heavy atom. The predicted molar refractivity (Wildman–Crippen MR) is 29.3 cm³/mol. The third-order valence-electron chi connectivity index (χ3n) is 1.78. The van der Waals surface area contributed by atoms with Gasteiger partial charge in [-0.3, -0.25) is 0 Å². The summed E-state index contributed by atoms with van der Waals surface area (Å²) in [6.45, 7) is 1.88. The van der Waals surface area contributed by atoms with Crippen LogP contribution in [-0.4, -0.2) is 17.4 Å². The van der Waals surface area contributed by atoms with Gasteiger partial charge in [-0.25, -0.2) is 4.39 Å². The van der Waals surface area contributed by atoms with Crippen molar-refractivity contribution in [3.05, 3.63) is 0 Å². The molecule has 1 N–H and O–H groups in total. The van der Waals surface area contributed by atoms with Gasteiger partial charge in [-0.1, -0.05) is 6.92 Å². The van der Waals surface area contributed by atoms with Gasteiger partial charge in [-0.2, -0.15) is 0 Å². The Morgan fingerprint density at radius 1 is 1.50 bits per heavy atom. The van der Waals surface area contributed by atoms with Crippen LogP contribution in [0.1, 0.15) is 19.8 Å². The lowest BCUT2D eigenvalue weighted by Gasteiger charge is -2.03. The zero-order chi connectivity index (χ0) is 6.15. The largest absolute Gasteiger partial charge is 0.393 e. The monoisotopic (exact) mass is 118 g/mol. The number of alkyl halides is 1. The van der Waals surface area contributed by atoms with Gasteiger partial charge in [0.05, 0.1) is 6.10 Å². The lowest BCUT2D eigenvalue weighted by molar-refractivity contribution is 0.137. The normalized spacial score (nSPS) is 47.6. The maximum atomic E-state index is 12.3. The second-order valence-electron chi connectivity index (χ2n) is 2.61. The lowest BCUT2D eigenvalue weighted by Crippen LogP contribution is -2.08. The van der Waals surface area contributed by atoms with Gasteiger partial charge in [0.15, 0.2) is 0 Å². The van der Waals surface area contributed by atoms with Crippen LogP contribution in [0.25, 0.3) is 0 Å². The molecule has 0 bridgehead atoms. The maximum Gasteiger partial charge on any atom is 0.103 e. The molecule has 0 spiro atoms. The van der Waals surface area contributed by atoms with Gasteiger partial charge in [0.1, 0.15) is 6.17 Å². The minimum absolute atomic E-state index is 0.171. The van der Waals surface area contributed by atoms with Crippen LogP contribution in [-0.2, 0) is 0 Å². The minimum atomic E-state index is -0.750. The van der Waals surface area contributed by atoms with E-state index in [0.29, 0.717) is 12.8 Å². The molecule has 1 fully saturated rings. The molecular weight excluding hydrogens is 107 g/mol. The maximum absolute atomic E-state index is 12.3. The number of hydrogen-bond acceptors (Lipinski definition) is 1. The molecule has 0 aromatic rings. The molecule has 0 aromatic heterocycles. The van der Waals surface area contributed by atoms with Gasteiger partial charge in [-0.15, -0.1) is 0 Å². The SMILES string of the molecule is CC1CC(F)CC1O. The fraction of sp³-hybridized carbons (Fsp3) is 1.00. The Kier molecular flexibility index (Phi) is 1.52. The smallest absolute Gasteiger partial charge is 0.103 e. The fourth-order valence-corrected chi connectivity index (χ4v) is 1.15. The molecular formula is C6H11FO. The summed E-state index contributed by atoms with van der Waals surface area (Å²) >= 11 is 0. The van der Waals surface area contributed by atoms with Crippen LogP contribution in [0, 0.1) is 5.92 Å². The van der Waals surface area contributed by atoms with Crippen molar-refractivity contribution in [2.75, 3.05) is 0 Å². The molecule has 1 saturated carbocycles. The summed E-state index contributed by atoms with van der Waals surface area (Å²) in [4.78, 5) is 0. The van der Waals surface area contributed by atoms with E-state index in [1.54, 1.807) is 0 Å². The standard InChI is InChI=1S/C6H11FO/c1-4-2-5(7)3-6(4)8/h4-6,8H,2-3H2,1H3. The van der Waals surface area contributed by atoms with Crippen molar-refractivity contribution in [3.63, 3.8) is 0 Å². The van der Waals surface area contributed by atoms with Crippen LogP contribution in [0.15, 0.2) is 0 Å². The van der Waals surface area contributed by atoms with E-state index in [4.69, 9.17) is 5.11 Å². The van der Waals surface area contributed by atoms with E-state index in [1.165, 1.54) is 0 Å². The summed E-state index contributed by atoms with van der Waals surface area (Å²) in [6.07, 6.45) is -0.243. The van der Waals surface area contributed by atoms with Crippen LogP contribution >= 0.6 is 0 Å². The number of aliphatic hydroxyl groups is 1. The van der Waals surface area contributed by atoms with E-state index in [9.17, 15) is 4.39 Å². The summed E-state index contributed by atoms with van der Waals surface area (Å²) in [5, 5.41) is 8.93. The van der Waals surface area contributed by atoms with Gasteiger partial charge >= 0.3 is 0 Å². The molecule has 0 aromatic carbocycles. The van der Waals surface area contributed by atoms with Crippen molar-refractivity contribution >= 4 is 0 Å². The summed E-state index contributed by atoms with van der Waals surface area (Å²) in [7, 11) is 0. The zero-order valence-electron chi connectivity index (χ0n) is 4.97. The number of rotatable bonds is 0. The molecule has 0 amide bonds. The van der Waals surface area contributed by atoms with Gasteiger partial charge in [0, 0.05) is 6.42 Å². The molecule has 3 unspecified atom stereocenters. The number of hydrogen-bond donors (Lipinski definition) is 1. The quantitative estimate of drug-likeness (QED) is 0.505. The van der Waals surface area contributed by atoms with Crippen LogP contribution in [0.4, 0.5) is 4.39 Å². The average molecular weight is 118 g/mol. The summed E-state index contributed by atoms with van der Waals surface area (Å²) in [5.41, 5.74) is 0. The average Bonchev–Trinajstić information content (AvgIpc) is 1.85. The first kappa shape index (κ1) is 6.02. The molecule has 1 nitrogen and oxygen atoms in total. The highest BCUT2D eigenvalue weighted by Gasteiger charge is 2.28. The van der Waals surface area contributed by atoms with E-state index in [2.05, 4.69) is 0 Å². The predicted octanol–water partition coefficient (Wildman–Crippen LogP) is 1.12. The first-order chi connectivity index (χ1) is 3.70. The molecule has 1 aliphatic rings. The molecule has 8 heavy (non-hydrogen) atoms. The van der Waals surface area contributed by atoms with Gasteiger partial charge in [0.25, 0.3) is 0 Å². The Bertz CT molecular complexity index is 74.6. The molecule has 3 atom stereocenters. The third-order valence-corrected chi connectivity index (χ3v) is 1.78. The van der Waals surface area contributed by atoms with E-state index in [0.717, 1.165) is 0 Å². The van der Waals surface area contributed by atoms with E-state index in [-0.39, 0.29) is 12.0 Å². The highest BCUT2D eigenvalue weighted by Crippen LogP contribution is 2.27. The van der Waals surface area contributed by atoms with Crippen LogP contribution in [0.3, 0.4) is 0 Å². The Labute approximate surface area is 48.5 Å². The van der Waals surface area contributed by atoms with E-state index in [1.807, 2.05) is 6.92 Å².